The van der Waals surface area contributed by atoms with Crippen LogP contribution >= 0.6 is 0 Å². The van der Waals surface area contributed by atoms with Gasteiger partial charge in [-0.1, -0.05) is 60.7 Å². The predicted octanol–water partition coefficient (Wildman–Crippen LogP) is 4.88. The van der Waals surface area contributed by atoms with Crippen molar-refractivity contribution >= 4 is 34.4 Å². The lowest BCUT2D eigenvalue weighted by Gasteiger charge is -2.36. The lowest BCUT2D eigenvalue weighted by molar-refractivity contribution is -0.120. The van der Waals surface area contributed by atoms with Crippen LogP contribution in [0.15, 0.2) is 85.5 Å². The molecular weight excluding hydrogens is 464 g/mol. The lowest BCUT2D eigenvalue weighted by Crippen LogP contribution is -2.44. The Morgan fingerprint density at radius 2 is 1.78 bits per heavy atom. The van der Waals surface area contributed by atoms with E-state index in [2.05, 4.69) is 16.9 Å². The summed E-state index contributed by atoms with van der Waals surface area (Å²) >= 11 is 0. The molecule has 0 spiro atoms. The third kappa shape index (κ3) is 3.46. The topological polar surface area (TPSA) is 85.5 Å². The molecule has 6 rings (SSSR count). The van der Waals surface area contributed by atoms with Crippen LogP contribution in [0, 0.1) is 6.92 Å². The molecule has 3 heterocycles. The molecule has 1 fully saturated rings. The molecular formula is C30H26N4O3. The number of aromatic amines is 1. The highest BCUT2D eigenvalue weighted by molar-refractivity contribution is 6.24. The van der Waals surface area contributed by atoms with Gasteiger partial charge in [0, 0.05) is 29.6 Å². The Kier molecular flexibility index (Phi) is 5.41. The normalized spacial score (nSPS) is 18.6. The quantitative estimate of drug-likeness (QED) is 0.309. The van der Waals surface area contributed by atoms with Gasteiger partial charge >= 0.3 is 6.03 Å². The van der Waals surface area contributed by atoms with Crippen LogP contribution in [-0.4, -0.2) is 40.3 Å². The molecule has 0 radical (unpaired) electrons. The summed E-state index contributed by atoms with van der Waals surface area (Å²) in [6, 6.07) is 21.1. The molecule has 1 aromatic heterocycles. The third-order valence-electron chi connectivity index (χ3n) is 7.33. The van der Waals surface area contributed by atoms with Crippen LogP contribution in [0.4, 0.5) is 10.5 Å². The highest BCUT2D eigenvalue weighted by Crippen LogP contribution is 2.45. The number of hydrogen-bond donors (Lipinski definition) is 2. The first-order valence-corrected chi connectivity index (χ1v) is 12.3. The van der Waals surface area contributed by atoms with Crippen molar-refractivity contribution in [3.05, 3.63) is 113 Å². The Balaban J connectivity index is 1.51. The average Bonchev–Trinajstić information content (AvgIpc) is 3.41. The SMILES string of the molecule is C=CCNC(=O)c1ccccc1N1C(=O)[C@@H]2Cc3c([nH]c4ccccc34)[C@@H](c3ccccc3C)N2C1=O. The van der Waals surface area contributed by atoms with Gasteiger partial charge in [0.25, 0.3) is 11.8 Å². The molecule has 7 nitrogen and oxygen atoms in total. The summed E-state index contributed by atoms with van der Waals surface area (Å²) in [5.74, 6) is -0.698. The average molecular weight is 491 g/mol. The summed E-state index contributed by atoms with van der Waals surface area (Å²) in [5, 5.41) is 3.81. The number of aromatic nitrogens is 1. The number of rotatable bonds is 5. The molecule has 0 unspecified atom stereocenters. The van der Waals surface area contributed by atoms with E-state index in [0.717, 1.165) is 33.3 Å². The van der Waals surface area contributed by atoms with Crippen molar-refractivity contribution in [2.24, 2.45) is 0 Å². The monoisotopic (exact) mass is 490 g/mol. The van der Waals surface area contributed by atoms with Crippen molar-refractivity contribution in [2.75, 3.05) is 11.4 Å². The zero-order valence-corrected chi connectivity index (χ0v) is 20.4. The van der Waals surface area contributed by atoms with Crippen LogP contribution in [-0.2, 0) is 11.2 Å². The lowest BCUT2D eigenvalue weighted by atomic mass is 9.87. The van der Waals surface area contributed by atoms with E-state index in [0.29, 0.717) is 6.42 Å². The van der Waals surface area contributed by atoms with Gasteiger partial charge in [0.15, 0.2) is 0 Å². The summed E-state index contributed by atoms with van der Waals surface area (Å²) in [6.45, 7) is 5.93. The minimum atomic E-state index is -0.687. The first-order chi connectivity index (χ1) is 18.0. The molecule has 2 aliphatic heterocycles. The maximum absolute atomic E-state index is 14.1. The zero-order valence-electron chi connectivity index (χ0n) is 20.4. The van der Waals surface area contributed by atoms with Crippen LogP contribution in [0.3, 0.4) is 0 Å². The highest BCUT2D eigenvalue weighted by Gasteiger charge is 2.53. The van der Waals surface area contributed by atoms with Crippen molar-refractivity contribution in [3.8, 4) is 0 Å². The van der Waals surface area contributed by atoms with Gasteiger partial charge in [0.05, 0.1) is 11.3 Å². The molecule has 2 aliphatic rings. The fourth-order valence-corrected chi connectivity index (χ4v) is 5.64. The van der Waals surface area contributed by atoms with Crippen LogP contribution in [0.5, 0.6) is 0 Å². The van der Waals surface area contributed by atoms with Crippen LogP contribution < -0.4 is 10.2 Å². The van der Waals surface area contributed by atoms with E-state index in [1.54, 1.807) is 35.2 Å². The van der Waals surface area contributed by atoms with Gasteiger partial charge in [0.1, 0.15) is 12.1 Å². The summed E-state index contributed by atoms with van der Waals surface area (Å²) in [5.41, 5.74) is 5.48. The Hall–Kier alpha value is -4.65. The summed E-state index contributed by atoms with van der Waals surface area (Å²) in [4.78, 5) is 47.4. The molecule has 1 saturated heterocycles. The Bertz CT molecular complexity index is 1590. The molecule has 3 aromatic carbocycles. The van der Waals surface area contributed by atoms with E-state index in [-0.39, 0.29) is 29.6 Å². The number of imide groups is 1. The van der Waals surface area contributed by atoms with Crippen LogP contribution in [0.1, 0.15) is 38.8 Å². The van der Waals surface area contributed by atoms with Crippen molar-refractivity contribution in [2.45, 2.75) is 25.4 Å². The number of carbonyl (C=O) groups excluding carboxylic acids is 3. The largest absolute Gasteiger partial charge is 0.356 e. The van der Waals surface area contributed by atoms with Crippen LogP contribution in [0.25, 0.3) is 10.9 Å². The van der Waals surface area contributed by atoms with Gasteiger partial charge in [-0.25, -0.2) is 9.69 Å². The van der Waals surface area contributed by atoms with E-state index >= 15 is 0 Å². The second kappa shape index (κ2) is 8.78. The zero-order chi connectivity index (χ0) is 25.7. The maximum atomic E-state index is 14.1. The number of para-hydroxylation sites is 2. The minimum Gasteiger partial charge on any atom is -0.356 e. The number of aryl methyl sites for hydroxylation is 1. The van der Waals surface area contributed by atoms with Crippen molar-refractivity contribution in [1.29, 1.82) is 0 Å². The number of H-pyrrole nitrogens is 1. The maximum Gasteiger partial charge on any atom is 0.332 e. The molecule has 4 amide bonds. The number of carbonyl (C=O) groups is 3. The molecule has 0 aliphatic carbocycles. The first kappa shape index (κ1) is 22.8. The van der Waals surface area contributed by atoms with E-state index in [1.165, 1.54) is 4.90 Å². The Morgan fingerprint density at radius 3 is 2.59 bits per heavy atom. The van der Waals surface area contributed by atoms with Gasteiger partial charge in [-0.2, -0.15) is 0 Å². The van der Waals surface area contributed by atoms with E-state index in [1.807, 2.05) is 55.5 Å². The smallest absolute Gasteiger partial charge is 0.332 e. The number of urea groups is 1. The van der Waals surface area contributed by atoms with Crippen LogP contribution in [0.2, 0.25) is 0 Å². The number of amides is 4. The number of nitrogens with one attached hydrogen (secondary N) is 2. The number of hydrogen-bond acceptors (Lipinski definition) is 3. The molecule has 184 valence electrons. The Labute approximate surface area is 214 Å². The molecule has 7 heteroatoms. The third-order valence-corrected chi connectivity index (χ3v) is 7.33. The molecule has 37 heavy (non-hydrogen) atoms. The van der Waals surface area contributed by atoms with Gasteiger partial charge in [-0.15, -0.1) is 6.58 Å². The second-order valence-electron chi connectivity index (χ2n) is 9.42. The molecule has 0 bridgehead atoms. The van der Waals surface area contributed by atoms with E-state index in [9.17, 15) is 14.4 Å². The fraction of sp³-hybridized carbons (Fsp3) is 0.167. The fourth-order valence-electron chi connectivity index (χ4n) is 5.64. The molecule has 2 atom stereocenters. The summed E-state index contributed by atoms with van der Waals surface area (Å²) in [7, 11) is 0. The summed E-state index contributed by atoms with van der Waals surface area (Å²) in [6.07, 6.45) is 1.98. The summed E-state index contributed by atoms with van der Waals surface area (Å²) < 4.78 is 0. The second-order valence-corrected chi connectivity index (χ2v) is 9.42. The molecule has 0 saturated carbocycles. The van der Waals surface area contributed by atoms with Gasteiger partial charge in [0.2, 0.25) is 0 Å². The van der Waals surface area contributed by atoms with Gasteiger partial charge < -0.3 is 10.3 Å². The van der Waals surface area contributed by atoms with Gasteiger partial charge in [-0.05, 0) is 41.8 Å². The predicted molar refractivity (Wildman–Crippen MR) is 143 cm³/mol. The number of nitrogens with zero attached hydrogens (tertiary/aromatic N) is 2. The number of fused-ring (bicyclic) bond motifs is 4. The standard InChI is InChI=1S/C30H26N4O3/c1-3-16-31-28(35)21-13-7-9-15-24(21)34-29(36)25-17-22-20-12-6-8-14-23(20)32-26(22)27(33(25)30(34)37)19-11-5-4-10-18(19)2/h3-15,25,27,32H,1,16-17H2,2H3,(H,31,35)/t25-,27+/m0/s1. The minimum absolute atomic E-state index is 0.266. The molecule has 4 aromatic rings. The van der Waals surface area contributed by atoms with E-state index < -0.39 is 18.1 Å². The Morgan fingerprint density at radius 1 is 1.05 bits per heavy atom. The van der Waals surface area contributed by atoms with Gasteiger partial charge in [-0.3, -0.25) is 14.5 Å². The first-order valence-electron chi connectivity index (χ1n) is 12.3. The van der Waals surface area contributed by atoms with Crippen molar-refractivity contribution in [1.82, 2.24) is 15.2 Å². The number of anilines is 1. The van der Waals surface area contributed by atoms with Crippen molar-refractivity contribution < 1.29 is 14.4 Å². The number of benzene rings is 3. The van der Waals surface area contributed by atoms with E-state index in [4.69, 9.17) is 0 Å². The van der Waals surface area contributed by atoms with Crippen molar-refractivity contribution in [3.63, 3.8) is 0 Å². The highest BCUT2D eigenvalue weighted by atomic mass is 16.2. The molecule has 2 N–H and O–H groups in total.